The summed E-state index contributed by atoms with van der Waals surface area (Å²) in [6, 6.07) is 0. The molecule has 5 nitrogen and oxygen atoms in total. The fourth-order valence-corrected chi connectivity index (χ4v) is 2.24. The highest BCUT2D eigenvalue weighted by atomic mass is 31.2. The summed E-state index contributed by atoms with van der Waals surface area (Å²) in [5.41, 5.74) is 0. The first-order valence-electron chi connectivity index (χ1n) is 5.13. The Kier molecular flexibility index (Phi) is 7.65. The van der Waals surface area contributed by atoms with Crippen molar-refractivity contribution >= 4 is 13.6 Å². The molecule has 0 fully saturated rings. The zero-order chi connectivity index (χ0) is 11.7. The van der Waals surface area contributed by atoms with Crippen LogP contribution in [0.5, 0.6) is 0 Å². The Balaban J connectivity index is 3.53. The van der Waals surface area contributed by atoms with Crippen LogP contribution in [0.1, 0.15) is 33.1 Å². The van der Waals surface area contributed by atoms with E-state index in [1.165, 1.54) is 0 Å². The van der Waals surface area contributed by atoms with Gasteiger partial charge in [-0.25, -0.2) is 0 Å². The van der Waals surface area contributed by atoms with Crippen LogP contribution in [0.4, 0.5) is 0 Å². The summed E-state index contributed by atoms with van der Waals surface area (Å²) in [5, 5.41) is 0. The van der Waals surface area contributed by atoms with Crippen LogP contribution in [0.2, 0.25) is 0 Å². The minimum Gasteiger partial charge on any atom is -0.466 e. The molecule has 15 heavy (non-hydrogen) atoms. The van der Waals surface area contributed by atoms with E-state index in [1.807, 2.05) is 0 Å². The average Bonchev–Trinajstić information content (AvgIpc) is 2.13. The molecule has 0 aliphatic carbocycles. The molecule has 0 amide bonds. The summed E-state index contributed by atoms with van der Waals surface area (Å²) in [6.45, 7) is 4.01. The Hall–Kier alpha value is -0.380. The van der Waals surface area contributed by atoms with E-state index in [1.54, 1.807) is 13.8 Å². The minimum absolute atomic E-state index is 0.0975. The fraction of sp³-hybridized carbons (Fsp3) is 0.889. The minimum atomic E-state index is -3.42. The third-order valence-electron chi connectivity index (χ3n) is 1.71. The summed E-state index contributed by atoms with van der Waals surface area (Å²) in [4.78, 5) is 20.1. The van der Waals surface area contributed by atoms with E-state index in [0.717, 1.165) is 0 Å². The quantitative estimate of drug-likeness (QED) is 0.397. The molecule has 0 saturated carbocycles. The van der Waals surface area contributed by atoms with Gasteiger partial charge >= 0.3 is 13.6 Å². The van der Waals surface area contributed by atoms with Gasteiger partial charge in [-0.1, -0.05) is 0 Å². The van der Waals surface area contributed by atoms with Crippen molar-refractivity contribution in [2.75, 3.05) is 19.4 Å². The van der Waals surface area contributed by atoms with Crippen molar-refractivity contribution in [1.82, 2.24) is 0 Å². The number of carbonyl (C=O) groups is 1. The van der Waals surface area contributed by atoms with E-state index in [0.29, 0.717) is 25.9 Å². The van der Waals surface area contributed by atoms with E-state index >= 15 is 0 Å². The van der Waals surface area contributed by atoms with Crippen molar-refractivity contribution in [3.8, 4) is 0 Å². The average molecular weight is 238 g/mol. The summed E-state index contributed by atoms with van der Waals surface area (Å²) in [7, 11) is -3.42. The van der Waals surface area contributed by atoms with E-state index in [-0.39, 0.29) is 18.7 Å². The van der Waals surface area contributed by atoms with Gasteiger partial charge in [-0.2, -0.15) is 0 Å². The Morgan fingerprint density at radius 3 is 2.47 bits per heavy atom. The van der Waals surface area contributed by atoms with E-state index in [2.05, 4.69) is 4.52 Å². The molecular weight excluding hydrogens is 219 g/mol. The predicted octanol–water partition coefficient (Wildman–Crippen LogP) is 1.94. The highest BCUT2D eigenvalue weighted by Gasteiger charge is 2.17. The molecule has 90 valence electrons. The van der Waals surface area contributed by atoms with Gasteiger partial charge in [0.15, 0.2) is 0 Å². The zero-order valence-electron chi connectivity index (χ0n) is 9.27. The molecule has 0 heterocycles. The SMILES string of the molecule is CCOC(=O)CCCCP(=O)(O)OCC. The first-order valence-corrected chi connectivity index (χ1v) is 6.90. The van der Waals surface area contributed by atoms with Crippen molar-refractivity contribution in [2.45, 2.75) is 33.1 Å². The molecule has 6 heteroatoms. The number of carbonyl (C=O) groups excluding carboxylic acids is 1. The van der Waals surface area contributed by atoms with E-state index in [4.69, 9.17) is 4.74 Å². The second-order valence-corrected chi connectivity index (χ2v) is 5.02. The molecule has 0 aliphatic rings. The van der Waals surface area contributed by atoms with Crippen molar-refractivity contribution < 1.29 is 23.5 Å². The van der Waals surface area contributed by atoms with Gasteiger partial charge in [0.05, 0.1) is 19.4 Å². The van der Waals surface area contributed by atoms with Gasteiger partial charge < -0.3 is 14.2 Å². The lowest BCUT2D eigenvalue weighted by Gasteiger charge is -2.09. The normalized spacial score (nSPS) is 14.6. The van der Waals surface area contributed by atoms with Crippen molar-refractivity contribution in [3.05, 3.63) is 0 Å². The molecule has 1 N–H and O–H groups in total. The number of ether oxygens (including phenoxy) is 1. The molecular formula is C9H19O5P. The molecule has 0 spiro atoms. The lowest BCUT2D eigenvalue weighted by Crippen LogP contribution is -2.04. The maximum Gasteiger partial charge on any atom is 0.328 e. The highest BCUT2D eigenvalue weighted by molar-refractivity contribution is 7.52. The van der Waals surface area contributed by atoms with Crippen LogP contribution < -0.4 is 0 Å². The van der Waals surface area contributed by atoms with Crippen molar-refractivity contribution in [3.63, 3.8) is 0 Å². The Bertz CT molecular complexity index is 229. The molecule has 1 atom stereocenters. The number of esters is 1. The van der Waals surface area contributed by atoms with Crippen LogP contribution in [-0.4, -0.2) is 30.2 Å². The second kappa shape index (κ2) is 7.85. The maximum absolute atomic E-state index is 11.2. The molecule has 0 radical (unpaired) electrons. The Morgan fingerprint density at radius 2 is 1.93 bits per heavy atom. The molecule has 0 aliphatic heterocycles. The van der Waals surface area contributed by atoms with Crippen LogP contribution in [0.3, 0.4) is 0 Å². The van der Waals surface area contributed by atoms with Crippen LogP contribution >= 0.6 is 7.60 Å². The molecule has 1 unspecified atom stereocenters. The zero-order valence-corrected chi connectivity index (χ0v) is 10.2. The second-order valence-electron chi connectivity index (χ2n) is 3.04. The van der Waals surface area contributed by atoms with E-state index < -0.39 is 7.60 Å². The standard InChI is InChI=1S/C9H19O5P/c1-3-13-9(10)7-5-6-8-15(11,12)14-4-2/h3-8H2,1-2H3,(H,11,12). The summed E-state index contributed by atoms with van der Waals surface area (Å²) in [6.07, 6.45) is 1.43. The lowest BCUT2D eigenvalue weighted by molar-refractivity contribution is -0.143. The summed E-state index contributed by atoms with van der Waals surface area (Å²) >= 11 is 0. The first kappa shape index (κ1) is 14.6. The van der Waals surface area contributed by atoms with Gasteiger partial charge in [0.25, 0.3) is 0 Å². The first-order chi connectivity index (χ1) is 7.02. The number of hydrogen-bond acceptors (Lipinski definition) is 4. The lowest BCUT2D eigenvalue weighted by atomic mass is 10.2. The van der Waals surface area contributed by atoms with Crippen molar-refractivity contribution in [1.29, 1.82) is 0 Å². The number of hydrogen-bond donors (Lipinski definition) is 1. The molecule has 0 rings (SSSR count). The molecule has 0 bridgehead atoms. The highest BCUT2D eigenvalue weighted by Crippen LogP contribution is 2.42. The third-order valence-corrected chi connectivity index (χ3v) is 3.25. The largest absolute Gasteiger partial charge is 0.466 e. The van der Waals surface area contributed by atoms with Crippen LogP contribution in [0.15, 0.2) is 0 Å². The molecule has 0 aromatic carbocycles. The van der Waals surface area contributed by atoms with Gasteiger partial charge in [0.1, 0.15) is 0 Å². The van der Waals surface area contributed by atoms with Gasteiger partial charge in [-0.15, -0.1) is 0 Å². The smallest absolute Gasteiger partial charge is 0.328 e. The molecule has 0 aromatic rings. The van der Waals surface area contributed by atoms with Crippen LogP contribution in [0, 0.1) is 0 Å². The van der Waals surface area contributed by atoms with Crippen LogP contribution in [-0.2, 0) is 18.6 Å². The third kappa shape index (κ3) is 8.60. The topological polar surface area (TPSA) is 72.8 Å². The number of unbranched alkanes of at least 4 members (excludes halogenated alkanes) is 1. The number of rotatable bonds is 8. The Morgan fingerprint density at radius 1 is 1.27 bits per heavy atom. The van der Waals surface area contributed by atoms with Gasteiger partial charge in [-0.05, 0) is 26.7 Å². The van der Waals surface area contributed by atoms with Gasteiger partial charge in [-0.3, -0.25) is 9.36 Å². The summed E-state index contributed by atoms with van der Waals surface area (Å²) < 4.78 is 20.6. The van der Waals surface area contributed by atoms with Gasteiger partial charge in [0, 0.05) is 6.42 Å². The molecule has 0 saturated heterocycles. The van der Waals surface area contributed by atoms with E-state index in [9.17, 15) is 14.3 Å². The van der Waals surface area contributed by atoms with Crippen LogP contribution in [0.25, 0.3) is 0 Å². The monoisotopic (exact) mass is 238 g/mol. The molecule has 0 aromatic heterocycles. The summed E-state index contributed by atoms with van der Waals surface area (Å²) in [5.74, 6) is -0.262. The maximum atomic E-state index is 11.2. The van der Waals surface area contributed by atoms with Gasteiger partial charge in [0.2, 0.25) is 0 Å². The fourth-order valence-electron chi connectivity index (χ4n) is 1.08. The predicted molar refractivity (Wildman–Crippen MR) is 56.8 cm³/mol. The van der Waals surface area contributed by atoms with Crippen molar-refractivity contribution in [2.24, 2.45) is 0 Å². The Labute approximate surface area is 90.3 Å².